The molecule has 0 saturated carbocycles. The van der Waals surface area contributed by atoms with E-state index in [4.69, 9.17) is 17.3 Å². The van der Waals surface area contributed by atoms with Gasteiger partial charge in [0.25, 0.3) is 0 Å². The van der Waals surface area contributed by atoms with Gasteiger partial charge in [-0.1, -0.05) is 17.7 Å². The molecule has 0 radical (unpaired) electrons. The monoisotopic (exact) mass is 330 g/mol. The highest BCUT2D eigenvalue weighted by molar-refractivity contribution is 7.89. The number of halogens is 1. The highest BCUT2D eigenvalue weighted by Gasteiger charge is 2.23. The lowest BCUT2D eigenvalue weighted by Gasteiger charge is -2.18. The second-order valence-corrected chi connectivity index (χ2v) is 7.82. The highest BCUT2D eigenvalue weighted by atomic mass is 35.5. The van der Waals surface area contributed by atoms with Gasteiger partial charge in [0.05, 0.1) is 5.69 Å². The number of thiophene rings is 1. The summed E-state index contributed by atoms with van der Waals surface area (Å²) in [5.74, 6) is 0. The Morgan fingerprint density at radius 2 is 2.10 bits per heavy atom. The maximum Gasteiger partial charge on any atom is 0.244 e. The van der Waals surface area contributed by atoms with Crippen LogP contribution in [0, 0.1) is 0 Å². The fourth-order valence-electron chi connectivity index (χ4n) is 1.74. The molecule has 0 atom stereocenters. The molecule has 0 unspecified atom stereocenters. The first-order valence-electron chi connectivity index (χ1n) is 5.95. The molecule has 2 rings (SSSR count). The molecule has 1 aromatic carbocycles. The molecule has 0 fully saturated rings. The molecular weight excluding hydrogens is 316 g/mol. The predicted octanol–water partition coefficient (Wildman–Crippen LogP) is 2.85. The van der Waals surface area contributed by atoms with Gasteiger partial charge in [-0.3, -0.25) is 0 Å². The van der Waals surface area contributed by atoms with Crippen LogP contribution in [0.1, 0.15) is 4.88 Å². The van der Waals surface area contributed by atoms with Crippen molar-refractivity contribution >= 4 is 38.6 Å². The van der Waals surface area contributed by atoms with Crippen molar-refractivity contribution in [2.24, 2.45) is 0 Å². The van der Waals surface area contributed by atoms with Crippen molar-refractivity contribution in [2.75, 3.05) is 19.3 Å². The van der Waals surface area contributed by atoms with Gasteiger partial charge in [-0.2, -0.15) is 0 Å². The molecule has 1 aromatic heterocycles. The summed E-state index contributed by atoms with van der Waals surface area (Å²) in [4.78, 5) is 1.20. The standard InChI is InChI=1S/C13H15ClN2O2S2/c1-16(7-6-11-3-2-8-19-11)20(17,18)13-9-10(14)4-5-12(13)15/h2-5,8-9H,6-7,15H2,1H3. The summed E-state index contributed by atoms with van der Waals surface area (Å²) >= 11 is 7.46. The Kier molecular flexibility index (Phi) is 4.70. The zero-order valence-electron chi connectivity index (χ0n) is 10.9. The number of nitrogens with two attached hydrogens (primary N) is 1. The number of hydrogen-bond donors (Lipinski definition) is 1. The minimum Gasteiger partial charge on any atom is -0.398 e. The molecule has 108 valence electrons. The van der Waals surface area contributed by atoms with Gasteiger partial charge in [0.2, 0.25) is 10.0 Å². The van der Waals surface area contributed by atoms with Crippen molar-refractivity contribution in [1.82, 2.24) is 4.31 Å². The summed E-state index contributed by atoms with van der Waals surface area (Å²) in [5.41, 5.74) is 5.95. The van der Waals surface area contributed by atoms with E-state index in [1.54, 1.807) is 24.5 Å². The third-order valence-corrected chi connectivity index (χ3v) is 6.00. The molecule has 0 spiro atoms. The van der Waals surface area contributed by atoms with E-state index in [0.717, 1.165) is 4.88 Å². The summed E-state index contributed by atoms with van der Waals surface area (Å²) in [6, 6.07) is 8.39. The fourth-order valence-corrected chi connectivity index (χ4v) is 3.99. The molecule has 2 aromatic rings. The van der Waals surface area contributed by atoms with Crippen molar-refractivity contribution in [3.63, 3.8) is 0 Å². The SMILES string of the molecule is CN(CCc1cccs1)S(=O)(=O)c1cc(Cl)ccc1N. The van der Waals surface area contributed by atoms with Gasteiger partial charge in [0.15, 0.2) is 0 Å². The first-order chi connectivity index (χ1) is 9.41. The maximum atomic E-state index is 12.5. The Bertz CT molecular complexity index is 684. The van der Waals surface area contributed by atoms with Crippen molar-refractivity contribution < 1.29 is 8.42 Å². The predicted molar refractivity (Wildman–Crippen MR) is 83.7 cm³/mol. The van der Waals surface area contributed by atoms with Crippen LogP contribution < -0.4 is 5.73 Å². The number of likely N-dealkylation sites (N-methyl/N-ethyl adjacent to an activating group) is 1. The molecular formula is C13H15ClN2O2S2. The first-order valence-corrected chi connectivity index (χ1v) is 8.65. The molecule has 0 aliphatic carbocycles. The zero-order valence-corrected chi connectivity index (χ0v) is 13.3. The van der Waals surface area contributed by atoms with Gasteiger partial charge >= 0.3 is 0 Å². The van der Waals surface area contributed by atoms with Crippen LogP contribution in [-0.4, -0.2) is 26.3 Å². The largest absolute Gasteiger partial charge is 0.398 e. The third kappa shape index (κ3) is 3.32. The van der Waals surface area contributed by atoms with Crippen LogP contribution >= 0.6 is 22.9 Å². The molecule has 4 nitrogen and oxygen atoms in total. The Balaban J connectivity index is 2.18. The van der Waals surface area contributed by atoms with Crippen molar-refractivity contribution in [1.29, 1.82) is 0 Å². The molecule has 2 N–H and O–H groups in total. The Morgan fingerprint density at radius 3 is 2.75 bits per heavy atom. The lowest BCUT2D eigenvalue weighted by molar-refractivity contribution is 0.474. The van der Waals surface area contributed by atoms with E-state index in [9.17, 15) is 8.42 Å². The number of nitrogens with zero attached hydrogens (tertiary/aromatic N) is 1. The summed E-state index contributed by atoms with van der Waals surface area (Å²) in [6.45, 7) is 0.398. The third-order valence-electron chi connectivity index (χ3n) is 2.92. The molecule has 0 aliphatic heterocycles. The fraction of sp³-hybridized carbons (Fsp3) is 0.231. The van der Waals surface area contributed by atoms with Gasteiger partial charge in [0.1, 0.15) is 4.90 Å². The van der Waals surface area contributed by atoms with Gasteiger partial charge in [-0.25, -0.2) is 12.7 Å². The Morgan fingerprint density at radius 1 is 1.35 bits per heavy atom. The molecule has 1 heterocycles. The summed E-state index contributed by atoms with van der Waals surface area (Å²) in [7, 11) is -2.07. The van der Waals surface area contributed by atoms with E-state index in [2.05, 4.69) is 0 Å². The van der Waals surface area contributed by atoms with Gasteiger partial charge < -0.3 is 5.73 Å². The molecule has 0 bridgehead atoms. The summed E-state index contributed by atoms with van der Waals surface area (Å²) < 4.78 is 26.2. The van der Waals surface area contributed by atoms with Crippen molar-refractivity contribution in [3.05, 3.63) is 45.6 Å². The van der Waals surface area contributed by atoms with Crippen LogP contribution in [-0.2, 0) is 16.4 Å². The van der Waals surface area contributed by atoms with Crippen LogP contribution in [0.25, 0.3) is 0 Å². The molecule has 0 amide bonds. The van der Waals surface area contributed by atoms with E-state index in [1.807, 2.05) is 17.5 Å². The minimum atomic E-state index is -3.62. The average Bonchev–Trinajstić information content (AvgIpc) is 2.91. The molecule has 0 saturated heterocycles. The number of nitrogen functional groups attached to an aromatic ring is 1. The van der Waals surface area contributed by atoms with Gasteiger partial charge in [-0.15, -0.1) is 11.3 Å². The smallest absolute Gasteiger partial charge is 0.244 e. The minimum absolute atomic E-state index is 0.0543. The second-order valence-electron chi connectivity index (χ2n) is 4.34. The molecule has 20 heavy (non-hydrogen) atoms. The van der Waals surface area contributed by atoms with E-state index in [-0.39, 0.29) is 10.6 Å². The highest BCUT2D eigenvalue weighted by Crippen LogP contribution is 2.25. The van der Waals surface area contributed by atoms with E-state index >= 15 is 0 Å². The van der Waals surface area contributed by atoms with Gasteiger partial charge in [0, 0.05) is 23.5 Å². The van der Waals surface area contributed by atoms with E-state index in [1.165, 1.54) is 16.4 Å². The molecule has 7 heteroatoms. The van der Waals surface area contributed by atoms with Crippen LogP contribution in [0.3, 0.4) is 0 Å². The maximum absolute atomic E-state index is 12.5. The normalized spacial score (nSPS) is 11.9. The first kappa shape index (κ1) is 15.3. The van der Waals surface area contributed by atoms with Gasteiger partial charge in [-0.05, 0) is 36.1 Å². The number of anilines is 1. The van der Waals surface area contributed by atoms with Crippen LogP contribution in [0.5, 0.6) is 0 Å². The molecule has 0 aliphatic rings. The van der Waals surface area contributed by atoms with E-state index < -0.39 is 10.0 Å². The topological polar surface area (TPSA) is 63.4 Å². The Labute approximate surface area is 127 Å². The average molecular weight is 331 g/mol. The summed E-state index contributed by atoms with van der Waals surface area (Å²) in [5, 5.41) is 2.32. The number of benzene rings is 1. The number of rotatable bonds is 5. The zero-order chi connectivity index (χ0) is 14.8. The van der Waals surface area contributed by atoms with Crippen LogP contribution in [0.4, 0.5) is 5.69 Å². The Hall–Kier alpha value is -1.08. The van der Waals surface area contributed by atoms with Crippen molar-refractivity contribution in [3.8, 4) is 0 Å². The van der Waals surface area contributed by atoms with Crippen molar-refractivity contribution in [2.45, 2.75) is 11.3 Å². The number of hydrogen-bond acceptors (Lipinski definition) is 4. The quantitative estimate of drug-likeness (QED) is 0.857. The lowest BCUT2D eigenvalue weighted by atomic mass is 10.3. The lowest BCUT2D eigenvalue weighted by Crippen LogP contribution is -2.29. The van der Waals surface area contributed by atoms with Crippen LogP contribution in [0.2, 0.25) is 5.02 Å². The summed E-state index contributed by atoms with van der Waals surface area (Å²) in [6.07, 6.45) is 0.674. The number of sulfonamides is 1. The van der Waals surface area contributed by atoms with Crippen LogP contribution in [0.15, 0.2) is 40.6 Å². The second kappa shape index (κ2) is 6.13. The van der Waals surface area contributed by atoms with E-state index in [0.29, 0.717) is 18.0 Å².